The van der Waals surface area contributed by atoms with Gasteiger partial charge < -0.3 is 10.5 Å². The predicted octanol–water partition coefficient (Wildman–Crippen LogP) is 2.32. The number of likely N-dealkylation sites (N-methyl/N-ethyl adjacent to an activating group) is 1. The van der Waals surface area contributed by atoms with Crippen LogP contribution in [0.5, 0.6) is 5.75 Å². The van der Waals surface area contributed by atoms with Gasteiger partial charge >= 0.3 is 0 Å². The van der Waals surface area contributed by atoms with E-state index in [-0.39, 0.29) is 6.61 Å². The molecule has 1 aromatic carbocycles. The minimum Gasteiger partial charge on any atom is -0.483 e. The second-order valence-corrected chi connectivity index (χ2v) is 6.16. The van der Waals surface area contributed by atoms with Gasteiger partial charge in [-0.1, -0.05) is 18.2 Å². The molecule has 128 valence electrons. The summed E-state index contributed by atoms with van der Waals surface area (Å²) < 4.78 is 5.50. The fraction of sp³-hybridized carbons (Fsp3) is 0.368. The number of rotatable bonds is 8. The molecular formula is C19H25N3O2. The van der Waals surface area contributed by atoms with Crippen LogP contribution >= 0.6 is 0 Å². The van der Waals surface area contributed by atoms with Crippen molar-refractivity contribution in [2.45, 2.75) is 32.9 Å². The van der Waals surface area contributed by atoms with E-state index in [4.69, 9.17) is 10.5 Å². The maximum absolute atomic E-state index is 10.9. The number of para-hydroxylation sites is 1. The van der Waals surface area contributed by atoms with Crippen molar-refractivity contribution in [1.29, 1.82) is 0 Å². The number of aryl methyl sites for hydroxylation is 1. The average Bonchev–Trinajstić information content (AvgIpc) is 2.54. The molecule has 2 N–H and O–H groups in total. The van der Waals surface area contributed by atoms with Gasteiger partial charge in [-0.2, -0.15) is 0 Å². The Balaban J connectivity index is 2.00. The fourth-order valence-corrected chi connectivity index (χ4v) is 2.52. The lowest BCUT2D eigenvalue weighted by atomic mass is 10.1. The van der Waals surface area contributed by atoms with Crippen molar-refractivity contribution < 1.29 is 9.53 Å². The summed E-state index contributed by atoms with van der Waals surface area (Å²) in [7, 11) is 2.07. The molecule has 0 saturated carbocycles. The summed E-state index contributed by atoms with van der Waals surface area (Å²) in [5.74, 6) is 0.223. The molecule has 24 heavy (non-hydrogen) atoms. The Morgan fingerprint density at radius 3 is 2.79 bits per heavy atom. The first-order chi connectivity index (χ1) is 11.5. The minimum atomic E-state index is -0.475. The van der Waals surface area contributed by atoms with Crippen molar-refractivity contribution in [2.24, 2.45) is 5.73 Å². The Bertz CT molecular complexity index is 688. The number of benzene rings is 1. The van der Waals surface area contributed by atoms with Gasteiger partial charge in [-0.3, -0.25) is 14.7 Å². The SMILES string of the molecule is Cc1ccnc(C[C@H](C)N(C)Cc2ccccc2OCC(N)=O)c1. The molecule has 0 radical (unpaired) electrons. The highest BCUT2D eigenvalue weighted by molar-refractivity contribution is 5.75. The van der Waals surface area contributed by atoms with Gasteiger partial charge in [0.1, 0.15) is 5.75 Å². The normalized spacial score (nSPS) is 12.2. The van der Waals surface area contributed by atoms with Crippen LogP contribution in [0.4, 0.5) is 0 Å². The van der Waals surface area contributed by atoms with Crippen LogP contribution < -0.4 is 10.5 Å². The number of carbonyl (C=O) groups is 1. The maximum atomic E-state index is 10.9. The van der Waals surface area contributed by atoms with Crippen LogP contribution in [0.1, 0.15) is 23.7 Å². The third-order valence-electron chi connectivity index (χ3n) is 3.99. The highest BCUT2D eigenvalue weighted by Gasteiger charge is 2.14. The molecule has 1 atom stereocenters. The number of amides is 1. The van der Waals surface area contributed by atoms with Crippen molar-refractivity contribution >= 4 is 5.91 Å². The summed E-state index contributed by atoms with van der Waals surface area (Å²) in [4.78, 5) is 17.6. The van der Waals surface area contributed by atoms with Crippen LogP contribution in [-0.4, -0.2) is 35.5 Å². The van der Waals surface area contributed by atoms with E-state index in [0.29, 0.717) is 11.8 Å². The predicted molar refractivity (Wildman–Crippen MR) is 94.7 cm³/mol. The number of ether oxygens (including phenoxy) is 1. The molecule has 5 heteroatoms. The first kappa shape index (κ1) is 17.9. The topological polar surface area (TPSA) is 68.5 Å². The number of pyridine rings is 1. The zero-order valence-corrected chi connectivity index (χ0v) is 14.5. The van der Waals surface area contributed by atoms with Gasteiger partial charge in [0.15, 0.2) is 6.61 Å². The van der Waals surface area contributed by atoms with Crippen LogP contribution in [0.15, 0.2) is 42.6 Å². The highest BCUT2D eigenvalue weighted by atomic mass is 16.5. The van der Waals surface area contributed by atoms with Crippen LogP contribution in [0.2, 0.25) is 0 Å². The Hall–Kier alpha value is -2.40. The molecule has 2 rings (SSSR count). The largest absolute Gasteiger partial charge is 0.483 e. The molecular weight excluding hydrogens is 302 g/mol. The van der Waals surface area contributed by atoms with E-state index in [2.05, 4.69) is 36.8 Å². The van der Waals surface area contributed by atoms with Gasteiger partial charge in [0, 0.05) is 36.5 Å². The zero-order valence-electron chi connectivity index (χ0n) is 14.5. The lowest BCUT2D eigenvalue weighted by Crippen LogP contribution is -2.31. The number of aromatic nitrogens is 1. The standard InChI is InChI=1S/C19H25N3O2/c1-14-8-9-21-17(10-14)11-15(2)22(3)12-16-6-4-5-7-18(16)24-13-19(20)23/h4-10,15H,11-13H2,1-3H3,(H2,20,23)/t15-/m0/s1. The van der Waals surface area contributed by atoms with Crippen molar-refractivity contribution in [2.75, 3.05) is 13.7 Å². The van der Waals surface area contributed by atoms with Crippen molar-refractivity contribution in [3.63, 3.8) is 0 Å². The van der Waals surface area contributed by atoms with E-state index in [9.17, 15) is 4.79 Å². The second-order valence-electron chi connectivity index (χ2n) is 6.16. The van der Waals surface area contributed by atoms with Gasteiger partial charge in [-0.05, 0) is 44.7 Å². The zero-order chi connectivity index (χ0) is 17.5. The first-order valence-electron chi connectivity index (χ1n) is 8.06. The van der Waals surface area contributed by atoms with Crippen LogP contribution in [0.25, 0.3) is 0 Å². The number of hydrogen-bond donors (Lipinski definition) is 1. The monoisotopic (exact) mass is 327 g/mol. The number of nitrogens with zero attached hydrogens (tertiary/aromatic N) is 2. The second kappa shape index (κ2) is 8.45. The smallest absolute Gasteiger partial charge is 0.255 e. The summed E-state index contributed by atoms with van der Waals surface area (Å²) in [5, 5.41) is 0. The summed E-state index contributed by atoms with van der Waals surface area (Å²) in [6.07, 6.45) is 2.73. The number of hydrogen-bond acceptors (Lipinski definition) is 4. The van der Waals surface area contributed by atoms with Gasteiger partial charge in [-0.15, -0.1) is 0 Å². The minimum absolute atomic E-state index is 0.108. The number of nitrogens with two attached hydrogens (primary N) is 1. The molecule has 0 aliphatic rings. The van der Waals surface area contributed by atoms with Crippen LogP contribution in [0.3, 0.4) is 0 Å². The van der Waals surface area contributed by atoms with E-state index >= 15 is 0 Å². The maximum Gasteiger partial charge on any atom is 0.255 e. The Morgan fingerprint density at radius 2 is 2.08 bits per heavy atom. The summed E-state index contributed by atoms with van der Waals surface area (Å²) >= 11 is 0. The third-order valence-corrected chi connectivity index (χ3v) is 3.99. The van der Waals surface area contributed by atoms with E-state index in [1.807, 2.05) is 36.5 Å². The molecule has 2 aromatic rings. The lowest BCUT2D eigenvalue weighted by Gasteiger charge is -2.25. The van der Waals surface area contributed by atoms with E-state index in [0.717, 1.165) is 24.2 Å². The van der Waals surface area contributed by atoms with Crippen molar-refractivity contribution in [3.8, 4) is 5.75 Å². The van der Waals surface area contributed by atoms with Gasteiger partial charge in [0.25, 0.3) is 5.91 Å². The third kappa shape index (κ3) is 5.35. The Kier molecular flexibility index (Phi) is 6.32. The molecule has 0 unspecified atom stereocenters. The lowest BCUT2D eigenvalue weighted by molar-refractivity contribution is -0.119. The molecule has 1 amide bonds. The Morgan fingerprint density at radius 1 is 1.33 bits per heavy atom. The molecule has 0 aliphatic carbocycles. The fourth-order valence-electron chi connectivity index (χ4n) is 2.52. The van der Waals surface area contributed by atoms with E-state index in [1.54, 1.807) is 0 Å². The molecule has 1 heterocycles. The van der Waals surface area contributed by atoms with E-state index < -0.39 is 5.91 Å². The van der Waals surface area contributed by atoms with Gasteiger partial charge in [0.2, 0.25) is 0 Å². The first-order valence-corrected chi connectivity index (χ1v) is 8.06. The quantitative estimate of drug-likeness (QED) is 0.808. The van der Waals surface area contributed by atoms with Gasteiger partial charge in [0.05, 0.1) is 0 Å². The molecule has 0 fully saturated rings. The van der Waals surface area contributed by atoms with Crippen LogP contribution in [0, 0.1) is 6.92 Å². The van der Waals surface area contributed by atoms with Gasteiger partial charge in [-0.25, -0.2) is 0 Å². The van der Waals surface area contributed by atoms with Crippen molar-refractivity contribution in [3.05, 3.63) is 59.4 Å². The number of carbonyl (C=O) groups excluding carboxylic acids is 1. The van der Waals surface area contributed by atoms with Crippen molar-refractivity contribution in [1.82, 2.24) is 9.88 Å². The molecule has 5 nitrogen and oxygen atoms in total. The summed E-state index contributed by atoms with van der Waals surface area (Å²) in [6.45, 7) is 4.87. The molecule has 0 aliphatic heterocycles. The summed E-state index contributed by atoms with van der Waals surface area (Å²) in [6, 6.07) is 12.2. The summed E-state index contributed by atoms with van der Waals surface area (Å²) in [5.41, 5.74) is 8.50. The molecule has 0 bridgehead atoms. The average molecular weight is 327 g/mol. The molecule has 0 saturated heterocycles. The molecule has 1 aromatic heterocycles. The number of primary amides is 1. The highest BCUT2D eigenvalue weighted by Crippen LogP contribution is 2.20. The Labute approximate surface area is 143 Å². The van der Waals surface area contributed by atoms with Crippen LogP contribution in [-0.2, 0) is 17.8 Å². The van der Waals surface area contributed by atoms with E-state index in [1.165, 1.54) is 5.56 Å². The molecule has 0 spiro atoms.